The number of hydrogen-bond donors (Lipinski definition) is 0. The van der Waals surface area contributed by atoms with Gasteiger partial charge < -0.3 is 25.9 Å². The molecule has 21 nitrogen and oxygen atoms in total. The molecule has 0 fully saturated rings. The van der Waals surface area contributed by atoms with Gasteiger partial charge in [-0.1, -0.05) is 169 Å². The topological polar surface area (TPSA) is 343 Å². The average molecular weight is 1290 g/mol. The Kier molecular flexibility index (Phi) is 34.3. The van der Waals surface area contributed by atoms with E-state index in [1.54, 1.807) is 0 Å². The monoisotopic (exact) mass is 1290 g/mol. The largest absolute Gasteiger partial charge is 3.00 e. The molecule has 8 aromatic carbocycles. The van der Waals surface area contributed by atoms with Crippen molar-refractivity contribution in [3.8, 4) is 23.0 Å². The summed E-state index contributed by atoms with van der Waals surface area (Å²) >= 11 is 9.53. The van der Waals surface area contributed by atoms with E-state index in [1.807, 2.05) is 149 Å². The van der Waals surface area contributed by atoms with Crippen LogP contribution in [-0.4, -0.2) is 49.9 Å². The van der Waals surface area contributed by atoms with Crippen LogP contribution in [0.1, 0.15) is 96.4 Å². The van der Waals surface area contributed by atoms with Gasteiger partial charge in [-0.05, 0) is 72.2 Å². The van der Waals surface area contributed by atoms with Gasteiger partial charge in [0.1, 0.15) is 0 Å². The molecule has 0 heterocycles. The Bertz CT molecular complexity index is 3060. The zero-order valence-electron chi connectivity index (χ0n) is 46.1. The molecule has 8 aromatic rings. The van der Waals surface area contributed by atoms with Gasteiger partial charge in [-0.25, -0.2) is 0 Å². The second-order valence-corrected chi connectivity index (χ2v) is 18.3. The van der Waals surface area contributed by atoms with Crippen LogP contribution in [0.3, 0.4) is 0 Å². The molecule has 25 heteroatoms. The molecule has 0 spiro atoms. The Morgan fingerprint density at radius 2 is 0.512 bits per heavy atom. The number of nitrogens with zero attached hydrogens (tertiary/aromatic N) is 8. The smallest absolute Gasteiger partial charge is 2.00 e. The molecule has 0 aromatic heterocycles. The zero-order valence-corrected chi connectivity index (χ0v) is 49.9. The summed E-state index contributed by atoms with van der Waals surface area (Å²) in [5, 5.41) is 89.4. The van der Waals surface area contributed by atoms with Crippen LogP contribution in [0.5, 0.6) is 23.0 Å². The van der Waals surface area contributed by atoms with Crippen LogP contribution in [0.25, 0.3) is 0 Å². The molecule has 0 aliphatic carbocycles. The van der Waals surface area contributed by atoms with Gasteiger partial charge in [0.25, 0.3) is 22.7 Å². The Balaban J connectivity index is 0.000000558. The molecule has 0 amide bonds. The van der Waals surface area contributed by atoms with E-state index < -0.39 is 19.7 Å². The minimum absolute atomic E-state index is 0. The fraction of sp³-hybridized carbons (Fsp3) is 0.148. The van der Waals surface area contributed by atoms with Gasteiger partial charge >= 0.3 is 34.1 Å². The first-order valence-electron chi connectivity index (χ1n) is 25.0. The molecular weight excluding hydrogens is 1240 g/mol. The van der Waals surface area contributed by atoms with Gasteiger partial charge in [0, 0.05) is 73.4 Å². The Morgan fingerprint density at radius 3 is 0.663 bits per heavy atom. The predicted octanol–water partition coefficient (Wildman–Crippen LogP) is 12.7. The van der Waals surface area contributed by atoms with Crippen LogP contribution in [0, 0.1) is 40.5 Å². The van der Waals surface area contributed by atoms with Crippen molar-refractivity contribution in [2.75, 3.05) is 5.34 Å². The van der Waals surface area contributed by atoms with Crippen molar-refractivity contribution in [2.24, 2.45) is 20.0 Å². The molecule has 0 aliphatic rings. The van der Waals surface area contributed by atoms with Crippen molar-refractivity contribution in [1.82, 2.24) is 0 Å². The standard InChI is InChI=1S/4C15H14N2O3.CH2Cl2.2Fe.O/c4*1-11(12-5-3-2-4-6-12)16-10-13-9-14(17(19)20)7-8-15(13)18;2-1-3;;;/h4*2-11,18H,1H3;1H2;;;/q;;;;;2*+3;-2/p-4/t4*11-;;;;/m1111..../s1. The fourth-order valence-electron chi connectivity index (χ4n) is 7.04. The van der Waals surface area contributed by atoms with Crippen molar-refractivity contribution < 1.29 is 79.7 Å². The molecule has 0 saturated heterocycles. The third kappa shape index (κ3) is 25.4. The van der Waals surface area contributed by atoms with Crippen molar-refractivity contribution in [2.45, 2.75) is 51.9 Å². The number of aliphatic imine (C=N–C) groups is 4. The molecule has 0 aliphatic heterocycles. The number of rotatable bonds is 16. The minimum atomic E-state index is -0.530. The third-order valence-corrected chi connectivity index (χ3v) is 11.7. The van der Waals surface area contributed by atoms with Crippen molar-refractivity contribution in [3.05, 3.63) is 279 Å². The second-order valence-electron chi connectivity index (χ2n) is 17.5. The number of benzene rings is 8. The van der Waals surface area contributed by atoms with Crippen LogP contribution in [0.2, 0.25) is 0 Å². The second kappa shape index (κ2) is 39.4. The number of halogens is 2. The fourth-order valence-corrected chi connectivity index (χ4v) is 7.04. The quantitative estimate of drug-likeness (QED) is 0.0286. The van der Waals surface area contributed by atoms with Crippen molar-refractivity contribution in [3.63, 3.8) is 0 Å². The van der Waals surface area contributed by atoms with E-state index in [0.717, 1.165) is 22.3 Å². The summed E-state index contributed by atoms with van der Waals surface area (Å²) < 4.78 is 0. The van der Waals surface area contributed by atoms with Crippen LogP contribution in [0.15, 0.2) is 214 Å². The number of nitro benzene ring substituents is 4. The van der Waals surface area contributed by atoms with Crippen LogP contribution >= 0.6 is 23.2 Å². The molecule has 0 unspecified atom stereocenters. The average Bonchev–Trinajstić information content (AvgIpc) is 3.53. The van der Waals surface area contributed by atoms with Gasteiger partial charge in [-0.15, -0.1) is 23.2 Å². The van der Waals surface area contributed by atoms with Crippen LogP contribution in [0.4, 0.5) is 22.7 Å². The molecule has 86 heavy (non-hydrogen) atoms. The SMILES string of the molecule is C[C@@H](N=Cc1cc([N+](=O)[O-])ccc1[O-])c1ccccc1.C[C@@H](N=Cc1cc([N+](=O)[O-])ccc1[O-])c1ccccc1.C[C@@H](N=Cc1cc([N+](=O)[O-])ccc1[O-])c1ccccc1.C[C@@H](N=Cc1cc([N+](=O)[O-])ccc1[O-])c1ccccc1.ClCCl.[Fe+3].[Fe+3].[O-2]. The molecule has 8 rings (SSSR count). The molecule has 446 valence electrons. The third-order valence-electron chi connectivity index (χ3n) is 11.7. The number of hydrogen-bond acceptors (Lipinski definition) is 16. The van der Waals surface area contributed by atoms with Gasteiger partial charge in [0.15, 0.2) is 0 Å². The van der Waals surface area contributed by atoms with E-state index in [1.165, 1.54) is 97.7 Å². The molecule has 0 saturated carbocycles. The summed E-state index contributed by atoms with van der Waals surface area (Å²) in [5.74, 6) is -1.11. The van der Waals surface area contributed by atoms with Crippen molar-refractivity contribution >= 4 is 70.8 Å². The van der Waals surface area contributed by atoms with Gasteiger partial charge in [0.2, 0.25) is 0 Å². The number of non-ortho nitro benzene ring substituents is 4. The van der Waals surface area contributed by atoms with Crippen LogP contribution < -0.4 is 20.4 Å². The maximum atomic E-state index is 11.6. The summed E-state index contributed by atoms with van der Waals surface area (Å²) in [6.45, 7) is 7.59. The molecular formula is C61H54Cl2Fe2N8O13. The van der Waals surface area contributed by atoms with Gasteiger partial charge in [0.05, 0.1) is 49.2 Å². The Morgan fingerprint density at radius 1 is 0.349 bits per heavy atom. The maximum Gasteiger partial charge on any atom is 3.00 e. The summed E-state index contributed by atoms with van der Waals surface area (Å²) in [7, 11) is 0. The normalized spacial score (nSPS) is 11.8. The zero-order chi connectivity index (χ0) is 60.8. The van der Waals surface area contributed by atoms with Gasteiger partial charge in [-0.3, -0.25) is 60.4 Å². The number of alkyl halides is 2. The molecule has 0 N–H and O–H groups in total. The summed E-state index contributed by atoms with van der Waals surface area (Å²) in [5.41, 5.74) is 4.51. The Hall–Kier alpha value is -9.18. The van der Waals surface area contributed by atoms with E-state index in [0.29, 0.717) is 0 Å². The van der Waals surface area contributed by atoms with E-state index in [-0.39, 0.29) is 137 Å². The summed E-state index contributed by atoms with van der Waals surface area (Å²) in [4.78, 5) is 57.7. The maximum absolute atomic E-state index is 11.6. The van der Waals surface area contributed by atoms with E-state index >= 15 is 0 Å². The van der Waals surface area contributed by atoms with Gasteiger partial charge in [-0.2, -0.15) is 0 Å². The minimum Gasteiger partial charge on any atom is -2.00 e. The predicted molar refractivity (Wildman–Crippen MR) is 317 cm³/mol. The van der Waals surface area contributed by atoms with Crippen LogP contribution in [-0.2, 0) is 39.6 Å². The molecule has 2 radical (unpaired) electrons. The van der Waals surface area contributed by atoms with E-state index in [9.17, 15) is 60.9 Å². The Labute approximate surface area is 526 Å². The van der Waals surface area contributed by atoms with E-state index in [4.69, 9.17) is 23.2 Å². The number of nitro groups is 4. The molecule has 4 atom stereocenters. The first-order valence-corrected chi connectivity index (χ1v) is 26.1. The van der Waals surface area contributed by atoms with Crippen molar-refractivity contribution in [1.29, 1.82) is 0 Å². The summed E-state index contributed by atoms with van der Waals surface area (Å²) in [6.07, 6.45) is 5.58. The molecule has 0 bridgehead atoms. The van der Waals surface area contributed by atoms with E-state index in [2.05, 4.69) is 20.0 Å². The summed E-state index contributed by atoms with van der Waals surface area (Å²) in [6, 6.07) is 52.5. The first-order chi connectivity index (χ1) is 39.7. The first kappa shape index (κ1) is 74.8.